The number of carboxylic acid groups (broad SMARTS) is 1. The van der Waals surface area contributed by atoms with Gasteiger partial charge in [-0.2, -0.15) is 0 Å². The number of piperidine rings is 1. The molecule has 0 bridgehead atoms. The lowest BCUT2D eigenvalue weighted by molar-refractivity contribution is 0.114. The zero-order chi connectivity index (χ0) is 18.8. The molecule has 148 valence electrons. The minimum Gasteiger partial charge on any atom is -0.490 e. The summed E-state index contributed by atoms with van der Waals surface area (Å²) >= 11 is 0. The second-order valence-electron chi connectivity index (χ2n) is 7.89. The van der Waals surface area contributed by atoms with Gasteiger partial charge in [-0.25, -0.2) is 4.79 Å². The highest BCUT2D eigenvalue weighted by atomic mass is 16.5. The number of benzene rings is 1. The van der Waals surface area contributed by atoms with Crippen molar-refractivity contribution < 1.29 is 19.4 Å². The highest BCUT2D eigenvalue weighted by Gasteiger charge is 2.26. The third kappa shape index (κ3) is 4.30. The van der Waals surface area contributed by atoms with Gasteiger partial charge in [0, 0.05) is 38.0 Å². The van der Waals surface area contributed by atoms with E-state index in [9.17, 15) is 9.90 Å². The molecule has 3 aliphatic heterocycles. The first-order valence-corrected chi connectivity index (χ1v) is 9.91. The molecular formula is C20H29N3O4. The molecule has 0 spiro atoms. The van der Waals surface area contributed by atoms with Crippen molar-refractivity contribution in [1.82, 2.24) is 9.80 Å². The van der Waals surface area contributed by atoms with Crippen LogP contribution >= 0.6 is 0 Å². The maximum absolute atomic E-state index is 11.4. The molecule has 27 heavy (non-hydrogen) atoms. The molecule has 0 saturated carbocycles. The monoisotopic (exact) mass is 375 g/mol. The van der Waals surface area contributed by atoms with Crippen LogP contribution in [0.5, 0.6) is 5.75 Å². The van der Waals surface area contributed by atoms with Gasteiger partial charge in [-0.15, -0.1) is 0 Å². The van der Waals surface area contributed by atoms with Crippen molar-refractivity contribution in [2.45, 2.75) is 44.4 Å². The Kier molecular flexibility index (Phi) is 5.41. The molecular weight excluding hydrogens is 346 g/mol. The molecule has 0 unspecified atom stereocenters. The van der Waals surface area contributed by atoms with E-state index in [0.29, 0.717) is 19.7 Å². The van der Waals surface area contributed by atoms with Gasteiger partial charge in [0.2, 0.25) is 0 Å². The molecule has 1 aromatic carbocycles. The van der Waals surface area contributed by atoms with Gasteiger partial charge in [-0.1, -0.05) is 0 Å². The number of anilines is 1. The molecule has 4 rings (SSSR count). The molecule has 2 fully saturated rings. The summed E-state index contributed by atoms with van der Waals surface area (Å²) in [5.41, 5.74) is 3.27. The number of ether oxygens (including phenoxy) is 2. The van der Waals surface area contributed by atoms with E-state index in [2.05, 4.69) is 29.4 Å². The van der Waals surface area contributed by atoms with Crippen molar-refractivity contribution in [3.8, 4) is 5.75 Å². The van der Waals surface area contributed by atoms with Crippen LogP contribution in [0.2, 0.25) is 0 Å². The van der Waals surface area contributed by atoms with E-state index < -0.39 is 6.09 Å². The first-order chi connectivity index (χ1) is 13.1. The zero-order valence-corrected chi connectivity index (χ0v) is 15.9. The number of nitrogens with zero attached hydrogens (tertiary/aromatic N) is 2. The van der Waals surface area contributed by atoms with Crippen LogP contribution in [0.15, 0.2) is 12.1 Å². The molecule has 7 nitrogen and oxygen atoms in total. The number of rotatable bonds is 4. The van der Waals surface area contributed by atoms with Crippen molar-refractivity contribution in [2.75, 3.05) is 45.2 Å². The lowest BCUT2D eigenvalue weighted by Crippen LogP contribution is -2.36. The summed E-state index contributed by atoms with van der Waals surface area (Å²) in [6.07, 6.45) is 3.17. The molecule has 0 aromatic heterocycles. The van der Waals surface area contributed by atoms with E-state index in [1.54, 1.807) is 0 Å². The summed E-state index contributed by atoms with van der Waals surface area (Å²) in [6, 6.07) is 4.44. The van der Waals surface area contributed by atoms with Crippen LogP contribution < -0.4 is 10.1 Å². The van der Waals surface area contributed by atoms with Crippen molar-refractivity contribution >= 4 is 11.8 Å². The molecule has 0 aliphatic carbocycles. The maximum Gasteiger partial charge on any atom is 0.407 e. The average Bonchev–Trinajstić information content (AvgIpc) is 3.16. The van der Waals surface area contributed by atoms with Gasteiger partial charge in [0.1, 0.15) is 11.9 Å². The van der Waals surface area contributed by atoms with Crippen LogP contribution in [0.1, 0.15) is 30.4 Å². The van der Waals surface area contributed by atoms with E-state index in [1.165, 1.54) is 10.5 Å². The Hall–Kier alpha value is -1.99. The number of likely N-dealkylation sites (tertiary alicyclic amines) is 1. The van der Waals surface area contributed by atoms with E-state index in [4.69, 9.17) is 9.47 Å². The van der Waals surface area contributed by atoms with Gasteiger partial charge in [0.05, 0.1) is 19.2 Å². The Morgan fingerprint density at radius 3 is 2.78 bits per heavy atom. The van der Waals surface area contributed by atoms with Crippen molar-refractivity contribution in [1.29, 1.82) is 0 Å². The predicted octanol–water partition coefficient (Wildman–Crippen LogP) is 2.40. The zero-order valence-electron chi connectivity index (χ0n) is 15.9. The number of carbonyl (C=O) groups is 1. The quantitative estimate of drug-likeness (QED) is 0.842. The normalized spacial score (nSPS) is 23.9. The lowest BCUT2D eigenvalue weighted by Gasteiger charge is -2.32. The van der Waals surface area contributed by atoms with Crippen LogP contribution in [0.4, 0.5) is 10.5 Å². The van der Waals surface area contributed by atoms with Gasteiger partial charge in [0.25, 0.3) is 0 Å². The van der Waals surface area contributed by atoms with Crippen molar-refractivity contribution in [3.63, 3.8) is 0 Å². The largest absolute Gasteiger partial charge is 0.490 e. The Morgan fingerprint density at radius 2 is 2.07 bits per heavy atom. The van der Waals surface area contributed by atoms with E-state index in [0.717, 1.165) is 62.4 Å². The molecule has 2 saturated heterocycles. The average molecular weight is 375 g/mol. The number of amides is 1. The first-order valence-electron chi connectivity index (χ1n) is 9.91. The second kappa shape index (κ2) is 7.94. The second-order valence-corrected chi connectivity index (χ2v) is 7.89. The third-order valence-corrected chi connectivity index (χ3v) is 5.84. The third-order valence-electron chi connectivity index (χ3n) is 5.84. The topological polar surface area (TPSA) is 74.3 Å². The summed E-state index contributed by atoms with van der Waals surface area (Å²) in [4.78, 5) is 15.2. The highest BCUT2D eigenvalue weighted by molar-refractivity contribution is 5.68. The van der Waals surface area contributed by atoms with E-state index in [-0.39, 0.29) is 12.1 Å². The lowest BCUT2D eigenvalue weighted by atomic mass is 9.97. The summed E-state index contributed by atoms with van der Waals surface area (Å²) in [5, 5.41) is 13.0. The fraction of sp³-hybridized carbons (Fsp3) is 0.650. The molecule has 2 N–H and O–H groups in total. The van der Waals surface area contributed by atoms with Crippen LogP contribution in [0, 0.1) is 0 Å². The fourth-order valence-corrected chi connectivity index (χ4v) is 4.16. The van der Waals surface area contributed by atoms with Gasteiger partial charge in [-0.3, -0.25) is 0 Å². The van der Waals surface area contributed by atoms with Crippen LogP contribution in [0.3, 0.4) is 0 Å². The molecule has 1 amide bonds. The molecule has 0 radical (unpaired) electrons. The smallest absolute Gasteiger partial charge is 0.407 e. The van der Waals surface area contributed by atoms with Gasteiger partial charge < -0.3 is 29.7 Å². The number of hydrogen-bond donors (Lipinski definition) is 2. The molecule has 7 heteroatoms. The van der Waals surface area contributed by atoms with E-state index in [1.807, 2.05) is 0 Å². The Morgan fingerprint density at radius 1 is 1.26 bits per heavy atom. The summed E-state index contributed by atoms with van der Waals surface area (Å²) in [6.45, 7) is 4.55. The number of fused-ring (bicyclic) bond motifs is 1. The summed E-state index contributed by atoms with van der Waals surface area (Å²) < 4.78 is 11.8. The summed E-state index contributed by atoms with van der Waals surface area (Å²) in [5.74, 6) is 0.897. The van der Waals surface area contributed by atoms with Gasteiger partial charge in [-0.05, 0) is 49.9 Å². The Balaban J connectivity index is 1.56. The van der Waals surface area contributed by atoms with Crippen LogP contribution in [-0.4, -0.2) is 73.0 Å². The van der Waals surface area contributed by atoms with Gasteiger partial charge >= 0.3 is 6.09 Å². The molecule has 3 heterocycles. The Bertz CT molecular complexity index is 682. The first kappa shape index (κ1) is 18.4. The molecule has 3 aliphatic rings. The van der Waals surface area contributed by atoms with Crippen molar-refractivity contribution in [2.24, 2.45) is 0 Å². The minimum atomic E-state index is -0.859. The van der Waals surface area contributed by atoms with Crippen LogP contribution in [-0.2, 0) is 17.7 Å². The molecule has 1 aromatic rings. The number of nitrogens with one attached hydrogen (secondary N) is 1. The summed E-state index contributed by atoms with van der Waals surface area (Å²) in [7, 11) is 2.15. The van der Waals surface area contributed by atoms with Crippen molar-refractivity contribution in [3.05, 3.63) is 23.3 Å². The van der Waals surface area contributed by atoms with Gasteiger partial charge in [0.15, 0.2) is 0 Å². The highest BCUT2D eigenvalue weighted by Crippen LogP contribution is 2.33. The predicted molar refractivity (Wildman–Crippen MR) is 103 cm³/mol. The fourth-order valence-electron chi connectivity index (χ4n) is 4.16. The minimum absolute atomic E-state index is 0.251. The standard InChI is InChI=1S/C20H29N3O4/c1-22-6-3-16(4-7-22)27-17-10-14-2-8-23(20(24)25)12-18(14)19(11-17)21-15-5-9-26-13-15/h10-11,15-16,21H,2-9,12-13H2,1H3,(H,24,25)/t15-/m1/s1. The molecule has 1 atom stereocenters. The maximum atomic E-state index is 11.4. The SMILES string of the molecule is CN1CCC(Oc2cc3c(c(N[C@@H]4CCOC4)c2)CN(C(=O)O)CC3)CC1. The van der Waals surface area contributed by atoms with Crippen LogP contribution in [0.25, 0.3) is 0 Å². The number of hydrogen-bond acceptors (Lipinski definition) is 5. The van der Waals surface area contributed by atoms with E-state index >= 15 is 0 Å². The Labute approximate surface area is 160 Å².